The maximum absolute atomic E-state index is 12.8. The minimum absolute atomic E-state index is 0.0594. The van der Waals surface area contributed by atoms with Gasteiger partial charge in [-0.15, -0.1) is 6.58 Å². The van der Waals surface area contributed by atoms with Gasteiger partial charge < -0.3 is 15.5 Å². The average molecular weight is 477 g/mol. The lowest BCUT2D eigenvalue weighted by Gasteiger charge is -2.54. The third-order valence-corrected chi connectivity index (χ3v) is 8.03. The van der Waals surface area contributed by atoms with Gasteiger partial charge in [0.2, 0.25) is 5.91 Å². The maximum atomic E-state index is 12.8. The Hall–Kier alpha value is -2.63. The zero-order chi connectivity index (χ0) is 24.7. The molecule has 2 aromatic rings. The van der Waals surface area contributed by atoms with Crippen LogP contribution in [0.25, 0.3) is 0 Å². The highest BCUT2D eigenvalue weighted by atomic mass is 16.3. The molecule has 1 aliphatic heterocycles. The lowest BCUT2D eigenvalue weighted by atomic mass is 9.57. The van der Waals surface area contributed by atoms with Crippen LogP contribution in [0.5, 0.6) is 5.75 Å². The zero-order valence-corrected chi connectivity index (χ0v) is 20.7. The van der Waals surface area contributed by atoms with Crippen molar-refractivity contribution in [3.8, 4) is 5.75 Å². The monoisotopic (exact) mass is 476 g/mol. The van der Waals surface area contributed by atoms with Crippen LogP contribution in [0, 0.1) is 5.92 Å². The van der Waals surface area contributed by atoms with E-state index in [1.165, 1.54) is 5.56 Å². The van der Waals surface area contributed by atoms with Crippen LogP contribution in [0.2, 0.25) is 0 Å². The van der Waals surface area contributed by atoms with Crippen molar-refractivity contribution < 1.29 is 15.0 Å². The third-order valence-electron chi connectivity index (χ3n) is 8.03. The first-order valence-electron chi connectivity index (χ1n) is 13.1. The maximum Gasteiger partial charge on any atom is 0.220 e. The molecule has 0 aromatic heterocycles. The Labute approximate surface area is 209 Å². The first-order valence-corrected chi connectivity index (χ1v) is 13.1. The molecule has 35 heavy (non-hydrogen) atoms. The number of piperidine rings is 1. The Kier molecular flexibility index (Phi) is 8.64. The van der Waals surface area contributed by atoms with Crippen molar-refractivity contribution in [2.24, 2.45) is 5.92 Å². The predicted octanol–water partition coefficient (Wildman–Crippen LogP) is 4.58. The van der Waals surface area contributed by atoms with Crippen LogP contribution in [-0.4, -0.2) is 52.8 Å². The molecule has 4 atom stereocenters. The fraction of sp³-hybridized carbons (Fsp3) is 0.500. The smallest absolute Gasteiger partial charge is 0.220 e. The zero-order valence-electron chi connectivity index (χ0n) is 20.7. The molecule has 1 amide bonds. The molecule has 5 nitrogen and oxygen atoms in total. The average Bonchev–Trinajstić information content (AvgIpc) is 2.85. The first kappa shape index (κ1) is 25.5. The highest BCUT2D eigenvalue weighted by Crippen LogP contribution is 2.49. The Morgan fingerprint density at radius 2 is 1.97 bits per heavy atom. The number of hydrogen-bond donors (Lipinski definition) is 3. The molecule has 1 saturated carbocycles. The van der Waals surface area contributed by atoms with Gasteiger partial charge in [-0.05, 0) is 68.3 Å². The molecule has 2 fully saturated rings. The number of fused-ring (bicyclic) bond motifs is 1. The number of phenolic OH excluding ortho intramolecular Hbond substituents is 1. The number of hydrogen-bond acceptors (Lipinski definition) is 4. The highest BCUT2D eigenvalue weighted by molar-refractivity contribution is 5.76. The summed E-state index contributed by atoms with van der Waals surface area (Å²) in [5.74, 6) is 0.389. The number of phenols is 1. The second-order valence-corrected chi connectivity index (χ2v) is 10.4. The van der Waals surface area contributed by atoms with Crippen LogP contribution < -0.4 is 5.32 Å². The number of aromatic hydroxyl groups is 1. The van der Waals surface area contributed by atoms with Crippen LogP contribution in [0.3, 0.4) is 0 Å². The van der Waals surface area contributed by atoms with Crippen molar-refractivity contribution in [1.82, 2.24) is 10.2 Å². The van der Waals surface area contributed by atoms with Gasteiger partial charge in [0.05, 0.1) is 6.10 Å². The Bertz CT molecular complexity index is 979. The van der Waals surface area contributed by atoms with Gasteiger partial charge in [0.25, 0.3) is 0 Å². The molecule has 0 bridgehead atoms. The fourth-order valence-corrected chi connectivity index (χ4v) is 6.30. The second-order valence-electron chi connectivity index (χ2n) is 10.4. The summed E-state index contributed by atoms with van der Waals surface area (Å²) in [7, 11) is 0. The van der Waals surface area contributed by atoms with Gasteiger partial charge in [-0.1, -0.05) is 55.0 Å². The van der Waals surface area contributed by atoms with E-state index >= 15 is 0 Å². The third kappa shape index (κ3) is 6.33. The summed E-state index contributed by atoms with van der Waals surface area (Å²) in [5.41, 5.74) is 2.15. The molecule has 0 radical (unpaired) electrons. The van der Waals surface area contributed by atoms with Gasteiger partial charge in [0.1, 0.15) is 5.75 Å². The number of aliphatic hydroxyl groups is 1. The van der Waals surface area contributed by atoms with Gasteiger partial charge in [-0.25, -0.2) is 0 Å². The number of likely N-dealkylation sites (tertiary alicyclic amines) is 1. The van der Waals surface area contributed by atoms with E-state index in [0.717, 1.165) is 63.7 Å². The summed E-state index contributed by atoms with van der Waals surface area (Å²) >= 11 is 0. The fourth-order valence-electron chi connectivity index (χ4n) is 6.30. The Morgan fingerprint density at radius 1 is 1.14 bits per heavy atom. The minimum Gasteiger partial charge on any atom is -0.508 e. The molecule has 188 valence electrons. The van der Waals surface area contributed by atoms with E-state index in [1.54, 1.807) is 6.07 Å². The summed E-state index contributed by atoms with van der Waals surface area (Å²) in [4.78, 5) is 15.1. The molecule has 5 heteroatoms. The molecule has 4 rings (SSSR count). The van der Waals surface area contributed by atoms with E-state index in [9.17, 15) is 15.0 Å². The minimum atomic E-state index is -0.505. The summed E-state index contributed by atoms with van der Waals surface area (Å²) in [5, 5.41) is 24.7. The molecular weight excluding hydrogens is 436 g/mol. The molecule has 3 N–H and O–H groups in total. The number of nitrogens with one attached hydrogen (secondary N) is 1. The second kappa shape index (κ2) is 11.9. The van der Waals surface area contributed by atoms with Crippen LogP contribution in [0.15, 0.2) is 67.3 Å². The molecular formula is C30H40N2O3. The van der Waals surface area contributed by atoms with Gasteiger partial charge in [0, 0.05) is 36.9 Å². The van der Waals surface area contributed by atoms with Gasteiger partial charge in [-0.2, -0.15) is 0 Å². The number of unbranched alkanes of at least 4 members (excludes halogenated alkanes) is 2. The molecule has 2 aromatic carbocycles. The van der Waals surface area contributed by atoms with Crippen molar-refractivity contribution in [2.75, 3.05) is 19.6 Å². The number of aliphatic hydroxyl groups excluding tert-OH is 1. The van der Waals surface area contributed by atoms with E-state index in [4.69, 9.17) is 0 Å². The Balaban J connectivity index is 1.36. The summed E-state index contributed by atoms with van der Waals surface area (Å²) in [6.45, 7) is 6.39. The van der Waals surface area contributed by atoms with Crippen molar-refractivity contribution in [3.05, 3.63) is 78.4 Å². The largest absolute Gasteiger partial charge is 0.508 e. The number of rotatable bonds is 10. The first-order chi connectivity index (χ1) is 17.0. The summed E-state index contributed by atoms with van der Waals surface area (Å²) in [6, 6.07) is 17.9. The van der Waals surface area contributed by atoms with Crippen LogP contribution >= 0.6 is 0 Å². The SMILES string of the molecule is C=CCN1CC[C@@]2(c3cccc(O)c3)C[C@H](NC(=O)CCCCCc3ccccc3)CC(O)[C@@H]2C1. The van der Waals surface area contributed by atoms with E-state index in [2.05, 4.69) is 47.1 Å². The van der Waals surface area contributed by atoms with E-state index in [1.807, 2.05) is 24.3 Å². The van der Waals surface area contributed by atoms with Crippen molar-refractivity contribution in [2.45, 2.75) is 68.9 Å². The van der Waals surface area contributed by atoms with E-state index in [0.29, 0.717) is 12.8 Å². The topological polar surface area (TPSA) is 72.8 Å². The summed E-state index contributed by atoms with van der Waals surface area (Å²) < 4.78 is 0. The van der Waals surface area contributed by atoms with E-state index < -0.39 is 6.10 Å². The van der Waals surface area contributed by atoms with Gasteiger partial charge in [0.15, 0.2) is 0 Å². The number of carbonyl (C=O) groups excluding carboxylic acids is 1. The van der Waals surface area contributed by atoms with Crippen LogP contribution in [0.1, 0.15) is 56.1 Å². The molecule has 2 aliphatic rings. The number of nitrogens with zero attached hydrogens (tertiary/aromatic N) is 1. The normalized spacial score (nSPS) is 26.6. The molecule has 1 unspecified atom stereocenters. The number of benzene rings is 2. The standard InChI is InChI=1S/C30H40N2O3/c1-2-17-32-18-16-30(24-13-9-14-26(33)19-24)21-25(20-28(34)27(30)22-32)31-29(35)15-8-4-7-12-23-10-5-3-6-11-23/h2-3,5-6,9-11,13-14,19,25,27-28,33-34H,1,4,7-8,12,15-18,20-22H2,(H,31,35)/t25-,27+,28?,30+/m1/s1. The summed E-state index contributed by atoms with van der Waals surface area (Å²) in [6.07, 6.45) is 8.24. The van der Waals surface area contributed by atoms with E-state index in [-0.39, 0.29) is 29.0 Å². The van der Waals surface area contributed by atoms with Crippen LogP contribution in [-0.2, 0) is 16.6 Å². The lowest BCUT2D eigenvalue weighted by Crippen LogP contribution is -2.61. The molecule has 1 heterocycles. The number of amides is 1. The Morgan fingerprint density at radius 3 is 2.74 bits per heavy atom. The van der Waals surface area contributed by atoms with Crippen molar-refractivity contribution in [3.63, 3.8) is 0 Å². The molecule has 1 saturated heterocycles. The van der Waals surface area contributed by atoms with Gasteiger partial charge >= 0.3 is 0 Å². The lowest BCUT2D eigenvalue weighted by molar-refractivity contribution is -0.123. The van der Waals surface area contributed by atoms with Crippen molar-refractivity contribution >= 4 is 5.91 Å². The number of aryl methyl sites for hydroxylation is 1. The predicted molar refractivity (Wildman–Crippen MR) is 140 cm³/mol. The molecule has 1 aliphatic carbocycles. The number of carbonyl (C=O) groups is 1. The van der Waals surface area contributed by atoms with Gasteiger partial charge in [-0.3, -0.25) is 9.69 Å². The molecule has 0 spiro atoms. The van der Waals surface area contributed by atoms with Crippen molar-refractivity contribution in [1.29, 1.82) is 0 Å². The highest BCUT2D eigenvalue weighted by Gasteiger charge is 2.52. The quantitative estimate of drug-likeness (QED) is 0.347. The van der Waals surface area contributed by atoms with Crippen LogP contribution in [0.4, 0.5) is 0 Å².